The molecule has 1 saturated carbocycles. The van der Waals surface area contributed by atoms with Gasteiger partial charge in [0, 0.05) is 18.3 Å². The summed E-state index contributed by atoms with van der Waals surface area (Å²) in [6, 6.07) is 7.10. The molecule has 0 saturated heterocycles. The van der Waals surface area contributed by atoms with Gasteiger partial charge in [-0.15, -0.1) is 0 Å². The molecule has 1 aromatic heterocycles. The number of ether oxygens (including phenoxy) is 1. The highest BCUT2D eigenvalue weighted by Gasteiger charge is 2.34. The lowest BCUT2D eigenvalue weighted by atomic mass is 9.95. The summed E-state index contributed by atoms with van der Waals surface area (Å²) in [5, 5.41) is 0. The van der Waals surface area contributed by atoms with Crippen molar-refractivity contribution in [2.75, 3.05) is 6.61 Å². The molecule has 0 aliphatic heterocycles. The van der Waals surface area contributed by atoms with E-state index in [-0.39, 0.29) is 12.6 Å². The fourth-order valence-electron chi connectivity index (χ4n) is 4.34. The number of H-pyrrole nitrogens is 1. The second-order valence-corrected chi connectivity index (χ2v) is 9.92. The standard InChI is InChI=1S/C23H32N2O4S/c1-5-29-23(26)22-17(3)20(18(4)24-22)15-25(19-12-7-6-8-13-19)30(27,28)21-14-10-9-11-16(21)2/h9-11,14,19,24H,5-8,12-13,15H2,1-4H3. The average Bonchev–Trinajstić information content (AvgIpc) is 3.00. The van der Waals surface area contributed by atoms with Gasteiger partial charge in [0.1, 0.15) is 5.69 Å². The molecule has 1 fully saturated rings. The van der Waals surface area contributed by atoms with E-state index in [1.165, 1.54) is 0 Å². The Bertz CT molecular complexity index is 1000. The Hall–Kier alpha value is -2.12. The Labute approximate surface area is 179 Å². The molecule has 0 spiro atoms. The molecule has 164 valence electrons. The maximum absolute atomic E-state index is 13.7. The number of aromatic amines is 1. The number of carbonyl (C=O) groups is 1. The third kappa shape index (κ3) is 4.47. The Morgan fingerprint density at radius 1 is 1.13 bits per heavy atom. The van der Waals surface area contributed by atoms with Crippen molar-refractivity contribution in [1.82, 2.24) is 9.29 Å². The van der Waals surface area contributed by atoms with Gasteiger partial charge in [0.2, 0.25) is 10.0 Å². The van der Waals surface area contributed by atoms with Crippen LogP contribution in [0.25, 0.3) is 0 Å². The number of aryl methyl sites for hydroxylation is 2. The van der Waals surface area contributed by atoms with Crippen LogP contribution < -0.4 is 0 Å². The van der Waals surface area contributed by atoms with Crippen LogP contribution in [0.4, 0.5) is 0 Å². The lowest BCUT2D eigenvalue weighted by Crippen LogP contribution is -2.41. The van der Waals surface area contributed by atoms with Crippen LogP contribution in [0.2, 0.25) is 0 Å². The van der Waals surface area contributed by atoms with Gasteiger partial charge in [-0.3, -0.25) is 0 Å². The smallest absolute Gasteiger partial charge is 0.355 e. The molecule has 0 radical (unpaired) electrons. The molecule has 30 heavy (non-hydrogen) atoms. The lowest BCUT2D eigenvalue weighted by molar-refractivity contribution is 0.0519. The summed E-state index contributed by atoms with van der Waals surface area (Å²) in [5.41, 5.74) is 3.55. The van der Waals surface area contributed by atoms with Crippen molar-refractivity contribution in [2.45, 2.75) is 77.3 Å². The summed E-state index contributed by atoms with van der Waals surface area (Å²) in [5.74, 6) is -0.407. The number of benzene rings is 1. The van der Waals surface area contributed by atoms with Gasteiger partial charge in [-0.05, 0) is 63.3 Å². The highest BCUT2D eigenvalue weighted by atomic mass is 32.2. The van der Waals surface area contributed by atoms with E-state index >= 15 is 0 Å². The number of aromatic nitrogens is 1. The maximum atomic E-state index is 13.7. The third-order valence-electron chi connectivity index (χ3n) is 6.05. The monoisotopic (exact) mass is 432 g/mol. The second kappa shape index (κ2) is 9.35. The zero-order chi connectivity index (χ0) is 21.9. The molecule has 2 aromatic rings. The van der Waals surface area contributed by atoms with Gasteiger partial charge in [-0.2, -0.15) is 4.31 Å². The predicted molar refractivity (Wildman–Crippen MR) is 117 cm³/mol. The number of carbonyl (C=O) groups excluding carboxylic acids is 1. The number of sulfonamides is 1. The van der Waals surface area contributed by atoms with E-state index in [1.54, 1.807) is 23.4 Å². The number of hydrogen-bond donors (Lipinski definition) is 1. The van der Waals surface area contributed by atoms with Gasteiger partial charge in [-0.1, -0.05) is 37.5 Å². The van der Waals surface area contributed by atoms with Gasteiger partial charge in [0.25, 0.3) is 0 Å². The first-order valence-electron chi connectivity index (χ1n) is 10.7. The average molecular weight is 433 g/mol. The molecule has 1 aliphatic rings. The van der Waals surface area contributed by atoms with Crippen molar-refractivity contribution >= 4 is 16.0 Å². The molecule has 1 N–H and O–H groups in total. The summed E-state index contributed by atoms with van der Waals surface area (Å²) in [4.78, 5) is 15.8. The van der Waals surface area contributed by atoms with Crippen molar-refractivity contribution in [1.29, 1.82) is 0 Å². The zero-order valence-corrected chi connectivity index (χ0v) is 19.1. The quantitative estimate of drug-likeness (QED) is 0.647. The van der Waals surface area contributed by atoms with Crippen LogP contribution in [0.15, 0.2) is 29.2 Å². The Kier molecular flexibility index (Phi) is 7.03. The van der Waals surface area contributed by atoms with E-state index in [4.69, 9.17) is 4.74 Å². The van der Waals surface area contributed by atoms with Gasteiger partial charge < -0.3 is 9.72 Å². The van der Waals surface area contributed by atoms with Crippen LogP contribution in [-0.2, 0) is 21.3 Å². The maximum Gasteiger partial charge on any atom is 0.355 e. The molecule has 0 unspecified atom stereocenters. The fraction of sp³-hybridized carbons (Fsp3) is 0.522. The lowest BCUT2D eigenvalue weighted by Gasteiger charge is -2.34. The van der Waals surface area contributed by atoms with Gasteiger partial charge in [-0.25, -0.2) is 13.2 Å². The number of nitrogens with one attached hydrogen (secondary N) is 1. The van der Waals surface area contributed by atoms with E-state index < -0.39 is 16.0 Å². The van der Waals surface area contributed by atoms with E-state index in [1.807, 2.05) is 32.9 Å². The first-order chi connectivity index (χ1) is 14.3. The third-order valence-corrected chi connectivity index (χ3v) is 8.11. The van der Waals surface area contributed by atoms with Crippen LogP contribution in [0.1, 0.15) is 71.9 Å². The molecular weight excluding hydrogens is 400 g/mol. The normalized spacial score (nSPS) is 15.5. The summed E-state index contributed by atoms with van der Waals surface area (Å²) in [6.45, 7) is 7.87. The van der Waals surface area contributed by atoms with Crippen molar-refractivity contribution in [3.8, 4) is 0 Å². The summed E-state index contributed by atoms with van der Waals surface area (Å²) >= 11 is 0. The summed E-state index contributed by atoms with van der Waals surface area (Å²) < 4.78 is 34.3. The first-order valence-corrected chi connectivity index (χ1v) is 12.1. The molecule has 1 aliphatic carbocycles. The highest BCUT2D eigenvalue weighted by molar-refractivity contribution is 7.89. The minimum atomic E-state index is -3.68. The minimum absolute atomic E-state index is 0.0388. The highest BCUT2D eigenvalue weighted by Crippen LogP contribution is 2.32. The molecule has 6 nitrogen and oxygen atoms in total. The molecule has 1 heterocycles. The molecule has 1 aromatic carbocycles. The Balaban J connectivity index is 2.03. The van der Waals surface area contributed by atoms with Crippen LogP contribution in [0.3, 0.4) is 0 Å². The predicted octanol–water partition coefficient (Wildman–Crippen LogP) is 4.64. The first kappa shape index (κ1) is 22.6. The number of nitrogens with zero attached hydrogens (tertiary/aromatic N) is 1. The van der Waals surface area contributed by atoms with Gasteiger partial charge >= 0.3 is 5.97 Å². The van der Waals surface area contributed by atoms with Crippen LogP contribution in [-0.4, -0.2) is 36.3 Å². The van der Waals surface area contributed by atoms with Crippen LogP contribution >= 0.6 is 0 Å². The minimum Gasteiger partial charge on any atom is -0.461 e. The molecule has 0 amide bonds. The molecule has 3 rings (SSSR count). The summed E-state index contributed by atoms with van der Waals surface area (Å²) in [7, 11) is -3.68. The van der Waals surface area contributed by atoms with Crippen molar-refractivity contribution < 1.29 is 17.9 Å². The second-order valence-electron chi connectivity index (χ2n) is 8.06. The Morgan fingerprint density at radius 2 is 1.80 bits per heavy atom. The number of hydrogen-bond acceptors (Lipinski definition) is 4. The molecule has 7 heteroatoms. The van der Waals surface area contributed by atoms with Crippen molar-refractivity contribution in [3.63, 3.8) is 0 Å². The van der Waals surface area contributed by atoms with Gasteiger partial charge in [0.15, 0.2) is 0 Å². The van der Waals surface area contributed by atoms with E-state index in [0.717, 1.165) is 54.5 Å². The van der Waals surface area contributed by atoms with Gasteiger partial charge in [0.05, 0.1) is 11.5 Å². The van der Waals surface area contributed by atoms with Crippen molar-refractivity contribution in [3.05, 3.63) is 52.3 Å². The van der Waals surface area contributed by atoms with Crippen LogP contribution in [0, 0.1) is 20.8 Å². The van der Waals surface area contributed by atoms with E-state index in [9.17, 15) is 13.2 Å². The largest absolute Gasteiger partial charge is 0.461 e. The fourth-order valence-corrected chi connectivity index (χ4v) is 6.22. The topological polar surface area (TPSA) is 79.5 Å². The number of esters is 1. The van der Waals surface area contributed by atoms with E-state index in [2.05, 4.69) is 4.98 Å². The van der Waals surface area contributed by atoms with Crippen molar-refractivity contribution in [2.24, 2.45) is 0 Å². The molecular formula is C23H32N2O4S. The summed E-state index contributed by atoms with van der Waals surface area (Å²) in [6.07, 6.45) is 4.92. The van der Waals surface area contributed by atoms with Crippen LogP contribution in [0.5, 0.6) is 0 Å². The number of rotatable bonds is 7. The Morgan fingerprint density at radius 3 is 2.43 bits per heavy atom. The SMILES string of the molecule is CCOC(=O)c1[nH]c(C)c(CN(C2CCCCC2)S(=O)(=O)c2ccccc2C)c1C. The zero-order valence-electron chi connectivity index (χ0n) is 18.3. The van der Waals surface area contributed by atoms with E-state index in [0.29, 0.717) is 17.2 Å². The molecule has 0 atom stereocenters. The molecule has 0 bridgehead atoms.